The van der Waals surface area contributed by atoms with E-state index >= 15 is 0 Å². The lowest BCUT2D eigenvalue weighted by molar-refractivity contribution is 0.958. The van der Waals surface area contributed by atoms with Crippen molar-refractivity contribution in [1.29, 1.82) is 5.26 Å². The molecule has 92 valence electrons. The third-order valence-electron chi connectivity index (χ3n) is 2.97. The fourth-order valence-corrected chi connectivity index (χ4v) is 2.44. The molecule has 1 N–H and O–H groups in total. The molecule has 2 heterocycles. The predicted octanol–water partition coefficient (Wildman–Crippen LogP) is 2.82. The standard InChI is InChI=1S/C14H8ClN3O/c15-14-12(9-4-2-1-3-5-9)13(19)10(8-16)11-6-7-17-18(11)14/h1-7,17H. The van der Waals surface area contributed by atoms with Gasteiger partial charge in [0.1, 0.15) is 16.8 Å². The first-order valence-electron chi connectivity index (χ1n) is 5.61. The molecule has 0 aliphatic heterocycles. The van der Waals surface area contributed by atoms with Gasteiger partial charge in [-0.1, -0.05) is 41.9 Å². The maximum Gasteiger partial charge on any atom is 0.209 e. The van der Waals surface area contributed by atoms with Crippen LogP contribution in [0.4, 0.5) is 0 Å². The Morgan fingerprint density at radius 2 is 1.95 bits per heavy atom. The molecule has 0 aliphatic rings. The molecule has 5 heteroatoms. The van der Waals surface area contributed by atoms with E-state index in [1.807, 2.05) is 24.3 Å². The fraction of sp³-hybridized carbons (Fsp3) is 0. The van der Waals surface area contributed by atoms with Crippen LogP contribution in [-0.4, -0.2) is 9.61 Å². The Labute approximate surface area is 113 Å². The van der Waals surface area contributed by atoms with Gasteiger partial charge in [0.25, 0.3) is 0 Å². The van der Waals surface area contributed by atoms with Gasteiger partial charge in [-0.3, -0.25) is 4.79 Å². The number of aromatic amines is 1. The Hall–Kier alpha value is -2.51. The van der Waals surface area contributed by atoms with Gasteiger partial charge >= 0.3 is 0 Å². The average molecular weight is 270 g/mol. The van der Waals surface area contributed by atoms with E-state index in [0.29, 0.717) is 16.6 Å². The van der Waals surface area contributed by atoms with E-state index in [1.165, 1.54) is 4.52 Å². The maximum atomic E-state index is 12.4. The summed E-state index contributed by atoms with van der Waals surface area (Å²) in [6.07, 6.45) is 1.64. The molecule has 0 spiro atoms. The highest BCUT2D eigenvalue weighted by Crippen LogP contribution is 2.26. The molecule has 0 aliphatic carbocycles. The third kappa shape index (κ3) is 1.64. The largest absolute Gasteiger partial charge is 0.300 e. The number of aromatic nitrogens is 2. The van der Waals surface area contributed by atoms with Crippen LogP contribution in [0, 0.1) is 11.3 Å². The van der Waals surface area contributed by atoms with Crippen LogP contribution in [-0.2, 0) is 0 Å². The lowest BCUT2D eigenvalue weighted by Crippen LogP contribution is -2.13. The molecule has 1 aromatic carbocycles. The zero-order valence-corrected chi connectivity index (χ0v) is 10.5. The van der Waals surface area contributed by atoms with Crippen LogP contribution in [0.3, 0.4) is 0 Å². The molecule has 0 saturated carbocycles. The zero-order valence-electron chi connectivity index (χ0n) is 9.72. The SMILES string of the molecule is N#Cc1c(=O)c(-c2ccccc2)c(Cl)n2[nH]ccc12. The second-order valence-electron chi connectivity index (χ2n) is 4.03. The van der Waals surface area contributed by atoms with Crippen molar-refractivity contribution >= 4 is 17.1 Å². The molecule has 4 nitrogen and oxygen atoms in total. The highest BCUT2D eigenvalue weighted by Gasteiger charge is 2.18. The van der Waals surface area contributed by atoms with Crippen LogP contribution in [0.1, 0.15) is 5.56 Å². The number of H-pyrrole nitrogens is 1. The molecule has 0 bridgehead atoms. The van der Waals surface area contributed by atoms with Crippen molar-refractivity contribution in [2.24, 2.45) is 0 Å². The lowest BCUT2D eigenvalue weighted by atomic mass is 10.0. The Balaban J connectivity index is 2.50. The Kier molecular flexibility index (Phi) is 2.62. The highest BCUT2D eigenvalue weighted by molar-refractivity contribution is 6.32. The molecular formula is C14H8ClN3O. The van der Waals surface area contributed by atoms with E-state index in [0.717, 1.165) is 0 Å². The normalized spacial score (nSPS) is 10.5. The van der Waals surface area contributed by atoms with Crippen LogP contribution in [0.2, 0.25) is 5.15 Å². The number of halogens is 1. The van der Waals surface area contributed by atoms with Crippen LogP contribution in [0.5, 0.6) is 0 Å². The van der Waals surface area contributed by atoms with E-state index in [1.54, 1.807) is 24.4 Å². The van der Waals surface area contributed by atoms with Crippen molar-refractivity contribution in [2.45, 2.75) is 0 Å². The van der Waals surface area contributed by atoms with Crippen LogP contribution < -0.4 is 5.43 Å². The summed E-state index contributed by atoms with van der Waals surface area (Å²) >= 11 is 6.27. The summed E-state index contributed by atoms with van der Waals surface area (Å²) < 4.78 is 1.53. The van der Waals surface area contributed by atoms with E-state index in [2.05, 4.69) is 5.10 Å². The number of pyridine rings is 1. The van der Waals surface area contributed by atoms with E-state index < -0.39 is 0 Å². The third-order valence-corrected chi connectivity index (χ3v) is 3.33. The van der Waals surface area contributed by atoms with Gasteiger partial charge in [-0.25, -0.2) is 4.52 Å². The molecule has 0 unspecified atom stereocenters. The maximum absolute atomic E-state index is 12.4. The second kappa shape index (κ2) is 4.30. The van der Waals surface area contributed by atoms with Gasteiger partial charge in [0.2, 0.25) is 5.43 Å². The monoisotopic (exact) mass is 269 g/mol. The summed E-state index contributed by atoms with van der Waals surface area (Å²) in [5, 5.41) is 12.3. The van der Waals surface area contributed by atoms with Gasteiger partial charge in [-0.15, -0.1) is 0 Å². The van der Waals surface area contributed by atoms with Gasteiger partial charge in [0.15, 0.2) is 0 Å². The summed E-state index contributed by atoms with van der Waals surface area (Å²) in [5.41, 5.74) is 1.25. The van der Waals surface area contributed by atoms with Crippen LogP contribution >= 0.6 is 11.6 Å². The number of benzene rings is 1. The molecular weight excluding hydrogens is 262 g/mol. The van der Waals surface area contributed by atoms with Gasteiger partial charge in [-0.2, -0.15) is 5.26 Å². The first-order chi connectivity index (χ1) is 9.24. The van der Waals surface area contributed by atoms with E-state index in [9.17, 15) is 10.1 Å². The number of nitrogens with zero attached hydrogens (tertiary/aromatic N) is 2. The smallest absolute Gasteiger partial charge is 0.209 e. The van der Waals surface area contributed by atoms with Crippen LogP contribution in [0.15, 0.2) is 47.4 Å². The van der Waals surface area contributed by atoms with E-state index in [4.69, 9.17) is 11.6 Å². The van der Waals surface area contributed by atoms with Crippen LogP contribution in [0.25, 0.3) is 16.6 Å². The van der Waals surface area contributed by atoms with Crippen molar-refractivity contribution in [2.75, 3.05) is 0 Å². The van der Waals surface area contributed by atoms with Gasteiger partial charge in [-0.05, 0) is 11.6 Å². The zero-order chi connectivity index (χ0) is 13.4. The van der Waals surface area contributed by atoms with Gasteiger partial charge in [0.05, 0.1) is 11.1 Å². The number of rotatable bonds is 1. The first-order valence-corrected chi connectivity index (χ1v) is 5.99. The molecule has 0 amide bonds. The van der Waals surface area contributed by atoms with Crippen molar-refractivity contribution in [3.05, 3.63) is 63.5 Å². The molecule has 2 aromatic heterocycles. The topological polar surface area (TPSA) is 61.1 Å². The molecule has 3 rings (SSSR count). The van der Waals surface area contributed by atoms with Gasteiger partial charge < -0.3 is 5.10 Å². The fourth-order valence-electron chi connectivity index (χ4n) is 2.10. The summed E-state index contributed by atoms with van der Waals surface area (Å²) in [6.45, 7) is 0. The Morgan fingerprint density at radius 3 is 2.63 bits per heavy atom. The number of hydrogen-bond acceptors (Lipinski definition) is 2. The molecule has 0 fully saturated rings. The number of fused-ring (bicyclic) bond motifs is 1. The van der Waals surface area contributed by atoms with Crippen molar-refractivity contribution in [3.63, 3.8) is 0 Å². The van der Waals surface area contributed by atoms with Gasteiger partial charge in [0, 0.05) is 6.20 Å². The minimum atomic E-state index is -0.349. The molecule has 0 atom stereocenters. The van der Waals surface area contributed by atoms with Crippen molar-refractivity contribution < 1.29 is 0 Å². The summed E-state index contributed by atoms with van der Waals surface area (Å²) in [6, 6.07) is 12.7. The number of hydrogen-bond donors (Lipinski definition) is 1. The minimum Gasteiger partial charge on any atom is -0.300 e. The summed E-state index contributed by atoms with van der Waals surface area (Å²) in [4.78, 5) is 12.4. The molecule has 0 saturated heterocycles. The quantitative estimate of drug-likeness (QED) is 0.691. The predicted molar refractivity (Wildman–Crippen MR) is 73.2 cm³/mol. The Morgan fingerprint density at radius 1 is 1.21 bits per heavy atom. The molecule has 0 radical (unpaired) electrons. The lowest BCUT2D eigenvalue weighted by Gasteiger charge is -2.07. The van der Waals surface area contributed by atoms with Crippen molar-refractivity contribution in [3.8, 4) is 17.2 Å². The second-order valence-corrected chi connectivity index (χ2v) is 4.39. The highest BCUT2D eigenvalue weighted by atomic mass is 35.5. The van der Waals surface area contributed by atoms with E-state index in [-0.39, 0.29) is 16.1 Å². The summed E-state index contributed by atoms with van der Waals surface area (Å²) in [5.74, 6) is 0. The molecule has 3 aromatic rings. The number of nitrogens with one attached hydrogen (secondary N) is 1. The number of nitriles is 1. The van der Waals surface area contributed by atoms with Crippen molar-refractivity contribution in [1.82, 2.24) is 9.61 Å². The average Bonchev–Trinajstić information content (AvgIpc) is 2.90. The summed E-state index contributed by atoms with van der Waals surface area (Å²) in [7, 11) is 0. The minimum absolute atomic E-state index is 0.0875. The molecule has 19 heavy (non-hydrogen) atoms. The first kappa shape index (κ1) is 11.6. The Bertz CT molecular complexity index is 856.